The van der Waals surface area contributed by atoms with E-state index in [1.54, 1.807) is 74.5 Å². The number of carbonyl (C=O) groups excluding carboxylic acids is 2. The molecular weight excluding hydrogens is 524 g/mol. The van der Waals surface area contributed by atoms with Gasteiger partial charge in [0.05, 0.1) is 17.9 Å². The Morgan fingerprint density at radius 1 is 0.923 bits per heavy atom. The predicted molar refractivity (Wildman–Crippen MR) is 148 cm³/mol. The highest BCUT2D eigenvalue weighted by molar-refractivity contribution is 7.85. The van der Waals surface area contributed by atoms with Crippen LogP contribution in [-0.2, 0) is 14.9 Å². The Morgan fingerprint density at radius 2 is 1.46 bits per heavy atom. The molecule has 0 spiro atoms. The van der Waals surface area contributed by atoms with Crippen LogP contribution in [0.1, 0.15) is 51.7 Å². The van der Waals surface area contributed by atoms with Crippen LogP contribution in [0.5, 0.6) is 0 Å². The van der Waals surface area contributed by atoms with E-state index >= 15 is 0 Å². The van der Waals surface area contributed by atoms with Gasteiger partial charge in [-0.15, -0.1) is 0 Å². The first-order chi connectivity index (χ1) is 18.1. The third kappa shape index (κ3) is 8.85. The van der Waals surface area contributed by atoms with E-state index in [0.717, 1.165) is 0 Å². The summed E-state index contributed by atoms with van der Waals surface area (Å²) in [5, 5.41) is 20.1. The Labute approximate surface area is 226 Å². The summed E-state index contributed by atoms with van der Waals surface area (Å²) in [6.45, 7) is 3.47. The molecule has 3 aromatic rings. The number of nitrogens with one attached hydrogen (secondary N) is 2. The van der Waals surface area contributed by atoms with E-state index in [1.807, 2.05) is 0 Å². The van der Waals surface area contributed by atoms with Crippen molar-refractivity contribution in [1.82, 2.24) is 0 Å². The van der Waals surface area contributed by atoms with Gasteiger partial charge in [0.2, 0.25) is 0 Å². The molecule has 1 unspecified atom stereocenters. The second-order valence-corrected chi connectivity index (χ2v) is 10.3. The van der Waals surface area contributed by atoms with Gasteiger partial charge in [0.1, 0.15) is 5.84 Å². The molecule has 0 aliphatic heterocycles. The Morgan fingerprint density at radius 3 is 1.97 bits per heavy atom. The molecular formula is C27H30N4O7S. The molecule has 0 bridgehead atoms. The van der Waals surface area contributed by atoms with Crippen LogP contribution < -0.4 is 16.8 Å². The maximum atomic E-state index is 13.1. The fourth-order valence-corrected chi connectivity index (χ4v) is 3.54. The molecule has 1 amide bonds. The first kappa shape index (κ1) is 30.8. The molecule has 39 heavy (non-hydrogen) atoms. The van der Waals surface area contributed by atoms with Crippen molar-refractivity contribution >= 4 is 39.3 Å². The highest BCUT2D eigenvalue weighted by atomic mass is 32.2. The lowest BCUT2D eigenvalue weighted by Gasteiger charge is -2.17. The van der Waals surface area contributed by atoms with Crippen LogP contribution in [0.15, 0.2) is 66.7 Å². The van der Waals surface area contributed by atoms with Crippen molar-refractivity contribution < 1.29 is 32.5 Å². The number of carbonyl (C=O) groups is 3. The minimum absolute atomic E-state index is 0.0597. The number of carboxylic acid groups (broad SMARTS) is 1. The van der Waals surface area contributed by atoms with Gasteiger partial charge < -0.3 is 21.9 Å². The number of hydrogen-bond donors (Lipinski definition) is 6. The van der Waals surface area contributed by atoms with Crippen molar-refractivity contribution in [3.05, 3.63) is 89.0 Å². The third-order valence-electron chi connectivity index (χ3n) is 5.42. The van der Waals surface area contributed by atoms with E-state index in [4.69, 9.17) is 21.4 Å². The number of amidine groups is 1. The summed E-state index contributed by atoms with van der Waals surface area (Å²) >= 11 is 0. The number of amides is 1. The minimum Gasteiger partial charge on any atom is -0.478 e. The van der Waals surface area contributed by atoms with Gasteiger partial charge in [0, 0.05) is 22.7 Å². The predicted octanol–water partition coefficient (Wildman–Crippen LogP) is 3.32. The molecule has 0 saturated heterocycles. The first-order valence-corrected chi connectivity index (χ1v) is 13.4. The van der Waals surface area contributed by atoms with Crippen LogP contribution in [0.4, 0.5) is 5.69 Å². The standard InChI is InChI=1S/C26H26N4O4.CH4O3S/c1-14(2)23(31)22(27)16-9-12-19(21(13-16)26(33)34)18-5-3-4-6-20(18)25(32)30-17-10-7-15(8-11-17)24(28)29;1-5(2,3)4/h3-14,22H,27H2,1-2H3,(H3,28,29)(H,30,32)(H,33,34);1H3,(H,2,3,4). The zero-order valence-corrected chi connectivity index (χ0v) is 22.3. The van der Waals surface area contributed by atoms with Crippen molar-refractivity contribution in [3.63, 3.8) is 0 Å². The van der Waals surface area contributed by atoms with Crippen LogP contribution in [-0.4, -0.2) is 47.8 Å². The number of benzene rings is 3. The molecule has 0 heterocycles. The highest BCUT2D eigenvalue weighted by Gasteiger charge is 2.23. The topological polar surface area (TPSA) is 214 Å². The normalized spacial score (nSPS) is 11.6. The van der Waals surface area contributed by atoms with Gasteiger partial charge in [-0.25, -0.2) is 4.79 Å². The van der Waals surface area contributed by atoms with E-state index in [9.17, 15) is 27.9 Å². The fourth-order valence-electron chi connectivity index (χ4n) is 3.54. The van der Waals surface area contributed by atoms with Gasteiger partial charge in [0.25, 0.3) is 16.0 Å². The molecule has 206 valence electrons. The maximum Gasteiger partial charge on any atom is 0.336 e. The summed E-state index contributed by atoms with van der Waals surface area (Å²) in [5.41, 5.74) is 13.9. The number of rotatable bonds is 8. The maximum absolute atomic E-state index is 13.1. The lowest BCUT2D eigenvalue weighted by molar-refractivity contribution is -0.123. The minimum atomic E-state index is -3.67. The van der Waals surface area contributed by atoms with E-state index in [2.05, 4.69) is 5.32 Å². The van der Waals surface area contributed by atoms with Gasteiger partial charge in [-0.3, -0.25) is 19.6 Å². The molecule has 0 aromatic heterocycles. The van der Waals surface area contributed by atoms with E-state index in [1.165, 1.54) is 6.07 Å². The molecule has 12 heteroatoms. The monoisotopic (exact) mass is 554 g/mol. The Kier molecular flexibility index (Phi) is 10.2. The second kappa shape index (κ2) is 12.9. The summed E-state index contributed by atoms with van der Waals surface area (Å²) in [6, 6.07) is 16.8. The summed E-state index contributed by atoms with van der Waals surface area (Å²) in [5.74, 6) is -2.20. The van der Waals surface area contributed by atoms with Gasteiger partial charge in [-0.1, -0.05) is 44.2 Å². The summed E-state index contributed by atoms with van der Waals surface area (Å²) in [7, 11) is -3.67. The SMILES string of the molecule is CC(C)C(=O)C(N)c1ccc(-c2ccccc2C(=O)Nc2ccc(C(=N)N)cc2)c(C(=O)O)c1.CS(=O)(=O)O. The van der Waals surface area contributed by atoms with Gasteiger partial charge >= 0.3 is 5.97 Å². The van der Waals surface area contributed by atoms with Crippen molar-refractivity contribution in [2.45, 2.75) is 19.9 Å². The van der Waals surface area contributed by atoms with E-state index in [0.29, 0.717) is 34.2 Å². The molecule has 3 aromatic carbocycles. The van der Waals surface area contributed by atoms with Crippen molar-refractivity contribution in [2.75, 3.05) is 11.6 Å². The van der Waals surface area contributed by atoms with E-state index < -0.39 is 28.0 Å². The second-order valence-electron chi connectivity index (χ2n) is 8.87. The number of carboxylic acids is 1. The number of aromatic carboxylic acids is 1. The number of hydrogen-bond acceptors (Lipinski definition) is 7. The number of nitrogens with two attached hydrogens (primary N) is 2. The molecule has 0 saturated carbocycles. The quantitative estimate of drug-likeness (QED) is 0.137. The molecule has 1 atom stereocenters. The van der Waals surface area contributed by atoms with Crippen LogP contribution in [0.3, 0.4) is 0 Å². The zero-order valence-electron chi connectivity index (χ0n) is 21.5. The Balaban J connectivity index is 0.000000976. The van der Waals surface area contributed by atoms with Crippen LogP contribution >= 0.6 is 0 Å². The van der Waals surface area contributed by atoms with Gasteiger partial charge in [-0.2, -0.15) is 8.42 Å². The number of Topliss-reactive ketones (excluding diaryl/α,β-unsaturated/α-hetero) is 1. The Bertz CT molecular complexity index is 1490. The number of nitrogen functional groups attached to an aromatic ring is 1. The van der Waals surface area contributed by atoms with Crippen LogP contribution in [0.2, 0.25) is 0 Å². The third-order valence-corrected chi connectivity index (χ3v) is 5.42. The summed E-state index contributed by atoms with van der Waals surface area (Å²) in [6.07, 6.45) is 0.715. The number of anilines is 1. The summed E-state index contributed by atoms with van der Waals surface area (Å²) in [4.78, 5) is 37.4. The largest absolute Gasteiger partial charge is 0.478 e. The lowest BCUT2D eigenvalue weighted by atomic mass is 9.90. The van der Waals surface area contributed by atoms with Crippen molar-refractivity contribution in [1.29, 1.82) is 5.41 Å². The van der Waals surface area contributed by atoms with Crippen LogP contribution in [0, 0.1) is 11.3 Å². The Hall–Kier alpha value is -4.39. The fraction of sp³-hybridized carbons (Fsp3) is 0.185. The molecule has 3 rings (SSSR count). The summed E-state index contributed by atoms with van der Waals surface area (Å²) < 4.78 is 25.9. The number of ketones is 1. The molecule has 0 radical (unpaired) electrons. The lowest BCUT2D eigenvalue weighted by Crippen LogP contribution is -2.25. The average molecular weight is 555 g/mol. The van der Waals surface area contributed by atoms with Gasteiger partial charge in [-0.05, 0) is 53.1 Å². The van der Waals surface area contributed by atoms with Crippen molar-refractivity contribution in [2.24, 2.45) is 17.4 Å². The molecule has 0 fully saturated rings. The van der Waals surface area contributed by atoms with Crippen molar-refractivity contribution in [3.8, 4) is 11.1 Å². The average Bonchev–Trinajstić information content (AvgIpc) is 2.86. The molecule has 0 aliphatic rings. The van der Waals surface area contributed by atoms with Gasteiger partial charge in [0.15, 0.2) is 5.78 Å². The van der Waals surface area contributed by atoms with E-state index in [-0.39, 0.29) is 28.7 Å². The smallest absolute Gasteiger partial charge is 0.336 e. The highest BCUT2D eigenvalue weighted by Crippen LogP contribution is 2.30. The first-order valence-electron chi connectivity index (χ1n) is 11.5. The molecule has 11 nitrogen and oxygen atoms in total. The molecule has 0 aliphatic carbocycles. The zero-order chi connectivity index (χ0) is 29.5. The molecule has 8 N–H and O–H groups in total. The van der Waals surface area contributed by atoms with Crippen LogP contribution in [0.25, 0.3) is 11.1 Å².